The third kappa shape index (κ3) is 4.13. The molecule has 0 fully saturated rings. The molecule has 0 saturated carbocycles. The number of rotatable bonds is 4. The van der Waals surface area contributed by atoms with Crippen LogP contribution in [-0.2, 0) is 19.1 Å². The summed E-state index contributed by atoms with van der Waals surface area (Å²) in [5, 5.41) is 0. The molecule has 0 radical (unpaired) electrons. The summed E-state index contributed by atoms with van der Waals surface area (Å²) in [6.45, 7) is 6.52. The Bertz CT molecular complexity index is 173. The van der Waals surface area contributed by atoms with Crippen LogP contribution in [0.3, 0.4) is 0 Å². The summed E-state index contributed by atoms with van der Waals surface area (Å²) in [5.74, 6) is -0.570. The monoisotopic (exact) mass is 158 g/mol. The van der Waals surface area contributed by atoms with Crippen molar-refractivity contribution < 1.29 is 19.1 Å². The molecule has 0 spiro atoms. The zero-order chi connectivity index (χ0) is 8.85. The van der Waals surface area contributed by atoms with Gasteiger partial charge in [-0.25, -0.2) is 4.79 Å². The van der Waals surface area contributed by atoms with E-state index in [-0.39, 0.29) is 12.0 Å². The maximum absolute atomic E-state index is 10.7. The van der Waals surface area contributed by atoms with Crippen molar-refractivity contribution in [2.45, 2.75) is 20.1 Å². The molecule has 11 heavy (non-hydrogen) atoms. The van der Waals surface area contributed by atoms with E-state index >= 15 is 0 Å². The molecule has 0 aliphatic heterocycles. The van der Waals surface area contributed by atoms with Crippen molar-refractivity contribution in [1.82, 2.24) is 0 Å². The number of ether oxygens (including phenoxy) is 2. The largest absolute Gasteiger partial charge is 0.428 e. The summed E-state index contributed by atoms with van der Waals surface area (Å²) in [6, 6.07) is 0. The summed E-state index contributed by atoms with van der Waals surface area (Å²) in [4.78, 5) is 20.4. The number of esters is 1. The van der Waals surface area contributed by atoms with Crippen LogP contribution in [0.1, 0.15) is 13.8 Å². The van der Waals surface area contributed by atoms with E-state index < -0.39 is 12.3 Å². The quantitative estimate of drug-likeness (QED) is 0.260. The molecule has 0 saturated heterocycles. The van der Waals surface area contributed by atoms with Crippen molar-refractivity contribution >= 4 is 12.4 Å². The van der Waals surface area contributed by atoms with Gasteiger partial charge in [-0.3, -0.25) is 4.79 Å². The van der Waals surface area contributed by atoms with Gasteiger partial charge in [0.25, 0.3) is 6.47 Å². The van der Waals surface area contributed by atoms with Crippen LogP contribution in [0.15, 0.2) is 12.2 Å². The molecule has 0 aromatic carbocycles. The first-order chi connectivity index (χ1) is 5.07. The first-order valence-corrected chi connectivity index (χ1v) is 3.03. The molecule has 62 valence electrons. The predicted molar refractivity (Wildman–Crippen MR) is 37.5 cm³/mol. The van der Waals surface area contributed by atoms with Crippen LogP contribution in [0, 0.1) is 0 Å². The molecule has 0 aliphatic rings. The van der Waals surface area contributed by atoms with Crippen molar-refractivity contribution in [3.8, 4) is 0 Å². The van der Waals surface area contributed by atoms with Gasteiger partial charge in [0, 0.05) is 12.5 Å². The van der Waals surface area contributed by atoms with Crippen LogP contribution in [-0.4, -0.2) is 18.7 Å². The number of carbonyl (C=O) groups is 2. The Balaban J connectivity index is 3.74. The van der Waals surface area contributed by atoms with Gasteiger partial charge < -0.3 is 9.47 Å². The third-order valence-electron chi connectivity index (χ3n) is 0.869. The molecule has 0 rings (SSSR count). The SMILES string of the molecule is C=C(C)C(=O)OC(C)OC=O. The minimum absolute atomic E-state index is 0.219. The number of hydrogen-bond acceptors (Lipinski definition) is 4. The summed E-state index contributed by atoms with van der Waals surface area (Å²) < 4.78 is 8.86. The van der Waals surface area contributed by atoms with Crippen LogP contribution >= 0.6 is 0 Å². The van der Waals surface area contributed by atoms with Crippen molar-refractivity contribution in [3.63, 3.8) is 0 Å². The van der Waals surface area contributed by atoms with Gasteiger partial charge in [0.1, 0.15) is 0 Å². The Morgan fingerprint density at radius 3 is 2.55 bits per heavy atom. The second-order valence-electron chi connectivity index (χ2n) is 1.99. The van der Waals surface area contributed by atoms with Gasteiger partial charge in [0.2, 0.25) is 6.29 Å². The molecule has 4 nitrogen and oxygen atoms in total. The summed E-state index contributed by atoms with van der Waals surface area (Å²) >= 11 is 0. The smallest absolute Gasteiger partial charge is 0.336 e. The van der Waals surface area contributed by atoms with E-state index in [4.69, 9.17) is 0 Å². The second-order valence-corrected chi connectivity index (χ2v) is 1.99. The fraction of sp³-hybridized carbons (Fsp3) is 0.429. The maximum Gasteiger partial charge on any atom is 0.336 e. The van der Waals surface area contributed by atoms with Gasteiger partial charge in [0.05, 0.1) is 0 Å². The second kappa shape index (κ2) is 4.49. The predicted octanol–water partition coefficient (Wildman–Crippen LogP) is 0.625. The van der Waals surface area contributed by atoms with Crippen LogP contribution < -0.4 is 0 Å². The van der Waals surface area contributed by atoms with Gasteiger partial charge in [0.15, 0.2) is 0 Å². The summed E-state index contributed by atoms with van der Waals surface area (Å²) in [5.41, 5.74) is 0.270. The Labute approximate surface area is 64.8 Å². The third-order valence-corrected chi connectivity index (χ3v) is 0.869. The van der Waals surface area contributed by atoms with Gasteiger partial charge in [-0.2, -0.15) is 0 Å². The highest BCUT2D eigenvalue weighted by Crippen LogP contribution is 1.97. The van der Waals surface area contributed by atoms with Crippen molar-refractivity contribution in [2.75, 3.05) is 0 Å². The van der Waals surface area contributed by atoms with Gasteiger partial charge >= 0.3 is 5.97 Å². The van der Waals surface area contributed by atoms with Crippen LogP contribution in [0.4, 0.5) is 0 Å². The molecule has 0 heterocycles. The van der Waals surface area contributed by atoms with Crippen LogP contribution in [0.5, 0.6) is 0 Å². The lowest BCUT2D eigenvalue weighted by atomic mass is 10.4. The highest BCUT2D eigenvalue weighted by Gasteiger charge is 2.08. The highest BCUT2D eigenvalue weighted by atomic mass is 16.7. The van der Waals surface area contributed by atoms with Gasteiger partial charge in [-0.15, -0.1) is 0 Å². The number of hydrogen-bond donors (Lipinski definition) is 0. The normalized spacial score (nSPS) is 11.5. The van der Waals surface area contributed by atoms with E-state index in [0.717, 1.165) is 0 Å². The first-order valence-electron chi connectivity index (χ1n) is 3.03. The van der Waals surface area contributed by atoms with Crippen molar-refractivity contribution in [3.05, 3.63) is 12.2 Å². The standard InChI is InChI=1S/C7H10O4/c1-5(2)7(9)11-6(3)10-4-8/h4,6H,1H2,2-3H3. The average Bonchev–Trinajstić information content (AvgIpc) is 1.87. The van der Waals surface area contributed by atoms with E-state index in [1.54, 1.807) is 0 Å². The molecule has 4 heteroatoms. The number of carbonyl (C=O) groups excluding carboxylic acids is 2. The van der Waals surface area contributed by atoms with E-state index in [0.29, 0.717) is 0 Å². The maximum atomic E-state index is 10.7. The van der Waals surface area contributed by atoms with Crippen molar-refractivity contribution in [1.29, 1.82) is 0 Å². The Morgan fingerprint density at radius 2 is 2.18 bits per heavy atom. The molecule has 0 aromatic rings. The van der Waals surface area contributed by atoms with Crippen LogP contribution in [0.25, 0.3) is 0 Å². The topological polar surface area (TPSA) is 52.6 Å². The van der Waals surface area contributed by atoms with E-state index in [1.165, 1.54) is 13.8 Å². The minimum atomic E-state index is -0.850. The molecular formula is C7H10O4. The lowest BCUT2D eigenvalue weighted by Gasteiger charge is -2.09. The van der Waals surface area contributed by atoms with Gasteiger partial charge in [-0.1, -0.05) is 6.58 Å². The Morgan fingerprint density at radius 1 is 1.64 bits per heavy atom. The first kappa shape index (κ1) is 9.68. The average molecular weight is 158 g/mol. The van der Waals surface area contributed by atoms with Crippen molar-refractivity contribution in [2.24, 2.45) is 0 Å². The molecule has 1 atom stereocenters. The fourth-order valence-corrected chi connectivity index (χ4v) is 0.357. The molecular weight excluding hydrogens is 148 g/mol. The zero-order valence-electron chi connectivity index (χ0n) is 6.49. The van der Waals surface area contributed by atoms with Gasteiger partial charge in [-0.05, 0) is 6.92 Å². The molecule has 0 aromatic heterocycles. The molecule has 0 amide bonds. The Hall–Kier alpha value is -1.32. The fourth-order valence-electron chi connectivity index (χ4n) is 0.357. The lowest BCUT2D eigenvalue weighted by molar-refractivity contribution is -0.172. The minimum Gasteiger partial charge on any atom is -0.428 e. The molecule has 1 unspecified atom stereocenters. The van der Waals surface area contributed by atoms with E-state index in [2.05, 4.69) is 16.1 Å². The summed E-state index contributed by atoms with van der Waals surface area (Å²) in [7, 11) is 0. The van der Waals surface area contributed by atoms with E-state index in [1.807, 2.05) is 0 Å². The highest BCUT2D eigenvalue weighted by molar-refractivity contribution is 5.87. The zero-order valence-corrected chi connectivity index (χ0v) is 6.49. The lowest BCUT2D eigenvalue weighted by Crippen LogP contribution is -2.17. The molecule has 0 N–H and O–H groups in total. The van der Waals surface area contributed by atoms with E-state index in [9.17, 15) is 9.59 Å². The Kier molecular flexibility index (Phi) is 3.95. The summed E-state index contributed by atoms with van der Waals surface area (Å²) in [6.07, 6.45) is -0.850. The molecule has 0 aliphatic carbocycles. The molecule has 0 bridgehead atoms. The van der Waals surface area contributed by atoms with Crippen LogP contribution in [0.2, 0.25) is 0 Å².